The summed E-state index contributed by atoms with van der Waals surface area (Å²) in [4.78, 5) is 1.17. The molecule has 5 heteroatoms. The van der Waals surface area contributed by atoms with Crippen LogP contribution in [-0.4, -0.2) is 6.54 Å². The molecule has 0 fully saturated rings. The highest BCUT2D eigenvalue weighted by molar-refractivity contribution is 9.11. The zero-order chi connectivity index (χ0) is 15.2. The molecule has 1 aromatic carbocycles. The van der Waals surface area contributed by atoms with E-state index >= 15 is 0 Å². The first-order valence-corrected chi connectivity index (χ1v) is 8.89. The van der Waals surface area contributed by atoms with Gasteiger partial charge in [0.05, 0.1) is 8.81 Å². The second-order valence-corrected chi connectivity index (χ2v) is 8.24. The third-order valence-electron chi connectivity index (χ3n) is 2.88. The number of rotatable bonds is 7. The normalized spacial score (nSPS) is 11.1. The van der Waals surface area contributed by atoms with E-state index in [2.05, 4.69) is 41.2 Å². The van der Waals surface area contributed by atoms with E-state index in [9.17, 15) is 0 Å². The first-order chi connectivity index (χ1) is 10.0. The van der Waals surface area contributed by atoms with E-state index in [1.165, 1.54) is 10.4 Å². The Kier molecular flexibility index (Phi) is 6.55. The number of halogens is 2. The maximum absolute atomic E-state index is 6.28. The highest BCUT2D eigenvalue weighted by Crippen LogP contribution is 2.28. The number of benzene rings is 1. The third-order valence-corrected chi connectivity index (χ3v) is 4.77. The molecule has 2 nitrogen and oxygen atoms in total. The molecule has 0 aliphatic heterocycles. The Bertz CT molecular complexity index is 585. The molecule has 0 aliphatic rings. The van der Waals surface area contributed by atoms with Crippen molar-refractivity contribution in [2.75, 3.05) is 6.54 Å². The Morgan fingerprint density at radius 2 is 2.10 bits per heavy atom. The highest BCUT2D eigenvalue weighted by atomic mass is 79.9. The topological polar surface area (TPSA) is 21.3 Å². The summed E-state index contributed by atoms with van der Waals surface area (Å²) in [5, 5.41) is 4.07. The summed E-state index contributed by atoms with van der Waals surface area (Å²) in [6, 6.07) is 10.0. The van der Waals surface area contributed by atoms with E-state index < -0.39 is 0 Å². The van der Waals surface area contributed by atoms with Crippen molar-refractivity contribution < 1.29 is 4.74 Å². The predicted molar refractivity (Wildman–Crippen MR) is 94.3 cm³/mol. The van der Waals surface area contributed by atoms with Gasteiger partial charge in [0.15, 0.2) is 0 Å². The van der Waals surface area contributed by atoms with Gasteiger partial charge in [-0.2, -0.15) is 0 Å². The zero-order valence-corrected chi connectivity index (χ0v) is 15.3. The maximum atomic E-state index is 6.28. The lowest BCUT2D eigenvalue weighted by molar-refractivity contribution is 0.310. The number of ether oxygens (including phenoxy) is 1. The minimum atomic E-state index is 0.543. The van der Waals surface area contributed by atoms with Gasteiger partial charge in [-0.25, -0.2) is 0 Å². The quantitative estimate of drug-likeness (QED) is 0.677. The molecular formula is C16H19BrClNOS. The van der Waals surface area contributed by atoms with Gasteiger partial charge in [0.25, 0.3) is 0 Å². The fraction of sp³-hybridized carbons (Fsp3) is 0.375. The van der Waals surface area contributed by atoms with Crippen molar-refractivity contribution in [3.63, 3.8) is 0 Å². The fourth-order valence-corrected chi connectivity index (χ4v) is 3.51. The van der Waals surface area contributed by atoms with Crippen LogP contribution < -0.4 is 10.1 Å². The van der Waals surface area contributed by atoms with E-state index in [-0.39, 0.29) is 0 Å². The predicted octanol–water partition coefficient (Wildman–Crippen LogP) is 5.49. The summed E-state index contributed by atoms with van der Waals surface area (Å²) in [5.41, 5.74) is 1.17. The van der Waals surface area contributed by atoms with Crippen molar-refractivity contribution in [3.8, 4) is 5.75 Å². The molecule has 0 spiro atoms. The highest BCUT2D eigenvalue weighted by Gasteiger charge is 2.05. The van der Waals surface area contributed by atoms with Crippen LogP contribution in [0.25, 0.3) is 0 Å². The molecule has 114 valence electrons. The van der Waals surface area contributed by atoms with Gasteiger partial charge in [-0.3, -0.25) is 0 Å². The molecule has 0 unspecified atom stereocenters. The van der Waals surface area contributed by atoms with Crippen molar-refractivity contribution in [1.29, 1.82) is 0 Å². The van der Waals surface area contributed by atoms with Gasteiger partial charge in [0.1, 0.15) is 12.4 Å². The number of thiophene rings is 1. The van der Waals surface area contributed by atoms with E-state index in [0.29, 0.717) is 17.5 Å². The Morgan fingerprint density at radius 1 is 1.29 bits per heavy atom. The molecule has 2 rings (SSSR count). The zero-order valence-electron chi connectivity index (χ0n) is 12.2. The van der Waals surface area contributed by atoms with Gasteiger partial charge in [0.2, 0.25) is 0 Å². The number of hydrogen-bond donors (Lipinski definition) is 1. The molecule has 0 saturated carbocycles. The van der Waals surface area contributed by atoms with Crippen molar-refractivity contribution in [2.45, 2.75) is 27.0 Å². The lowest BCUT2D eigenvalue weighted by Crippen LogP contribution is -2.18. The van der Waals surface area contributed by atoms with Gasteiger partial charge in [-0.15, -0.1) is 11.3 Å². The average molecular weight is 389 g/mol. The summed E-state index contributed by atoms with van der Waals surface area (Å²) in [7, 11) is 0. The number of hydrogen-bond acceptors (Lipinski definition) is 3. The molecule has 0 radical (unpaired) electrons. The number of nitrogens with one attached hydrogen (secondary N) is 1. The van der Waals surface area contributed by atoms with Gasteiger partial charge in [-0.05, 0) is 58.2 Å². The van der Waals surface area contributed by atoms with Crippen LogP contribution in [0.2, 0.25) is 5.02 Å². The summed E-state index contributed by atoms with van der Waals surface area (Å²) in [6.45, 7) is 6.76. The molecule has 0 bridgehead atoms. The average Bonchev–Trinajstić information content (AvgIpc) is 2.83. The van der Waals surface area contributed by atoms with Crippen LogP contribution in [0.4, 0.5) is 0 Å². The van der Waals surface area contributed by atoms with E-state index in [4.69, 9.17) is 16.3 Å². The van der Waals surface area contributed by atoms with Crippen LogP contribution in [0, 0.1) is 5.92 Å². The summed E-state index contributed by atoms with van der Waals surface area (Å²) in [6.07, 6.45) is 0. The lowest BCUT2D eigenvalue weighted by Gasteiger charge is -2.10. The van der Waals surface area contributed by atoms with Crippen LogP contribution in [0.5, 0.6) is 5.75 Å². The van der Waals surface area contributed by atoms with Crippen molar-refractivity contribution in [2.24, 2.45) is 5.92 Å². The Hall–Kier alpha value is -0.550. The summed E-state index contributed by atoms with van der Waals surface area (Å²) >= 11 is 11.4. The first-order valence-electron chi connectivity index (χ1n) is 6.90. The van der Waals surface area contributed by atoms with Crippen LogP contribution in [0.15, 0.2) is 34.1 Å². The lowest BCUT2D eigenvalue weighted by atomic mass is 10.2. The smallest absolute Gasteiger partial charge is 0.138 e. The van der Waals surface area contributed by atoms with Crippen molar-refractivity contribution in [1.82, 2.24) is 5.32 Å². The van der Waals surface area contributed by atoms with Gasteiger partial charge in [0, 0.05) is 11.4 Å². The van der Waals surface area contributed by atoms with E-state index in [0.717, 1.165) is 22.6 Å². The molecular weight excluding hydrogens is 370 g/mol. The standard InChI is InChI=1S/C16H19BrClNOS/c1-11(2)8-19-9-12-3-5-15(14(18)7-12)20-10-13-4-6-16(17)21-13/h3-7,11,19H,8-10H2,1-2H3. The Balaban J connectivity index is 1.89. The first kappa shape index (κ1) is 16.8. The van der Waals surface area contributed by atoms with Crippen molar-refractivity contribution >= 4 is 38.9 Å². The molecule has 0 amide bonds. The van der Waals surface area contributed by atoms with Crippen LogP contribution in [0.3, 0.4) is 0 Å². The van der Waals surface area contributed by atoms with Crippen LogP contribution in [-0.2, 0) is 13.2 Å². The van der Waals surface area contributed by atoms with Gasteiger partial charge < -0.3 is 10.1 Å². The summed E-state index contributed by atoms with van der Waals surface area (Å²) in [5.74, 6) is 1.38. The molecule has 1 heterocycles. The second kappa shape index (κ2) is 8.18. The van der Waals surface area contributed by atoms with Crippen LogP contribution in [0.1, 0.15) is 24.3 Å². The molecule has 0 aliphatic carbocycles. The molecule has 2 aromatic rings. The largest absolute Gasteiger partial charge is 0.487 e. The summed E-state index contributed by atoms with van der Waals surface area (Å²) < 4.78 is 6.88. The Labute approximate surface area is 143 Å². The van der Waals surface area contributed by atoms with E-state index in [1.807, 2.05) is 24.3 Å². The second-order valence-electron chi connectivity index (χ2n) is 5.28. The minimum Gasteiger partial charge on any atom is -0.487 e. The SMILES string of the molecule is CC(C)CNCc1ccc(OCc2ccc(Br)s2)c(Cl)c1. The van der Waals surface area contributed by atoms with Crippen LogP contribution >= 0.6 is 38.9 Å². The van der Waals surface area contributed by atoms with Gasteiger partial charge in [-0.1, -0.05) is 31.5 Å². The van der Waals surface area contributed by atoms with E-state index in [1.54, 1.807) is 11.3 Å². The monoisotopic (exact) mass is 387 g/mol. The van der Waals surface area contributed by atoms with Crippen molar-refractivity contribution in [3.05, 3.63) is 49.6 Å². The molecule has 0 atom stereocenters. The molecule has 1 N–H and O–H groups in total. The molecule has 0 saturated heterocycles. The molecule has 21 heavy (non-hydrogen) atoms. The minimum absolute atomic E-state index is 0.543. The Morgan fingerprint density at radius 3 is 2.71 bits per heavy atom. The maximum Gasteiger partial charge on any atom is 0.138 e. The van der Waals surface area contributed by atoms with Gasteiger partial charge >= 0.3 is 0 Å². The fourth-order valence-electron chi connectivity index (χ4n) is 1.85. The third kappa shape index (κ3) is 5.62. The molecule has 1 aromatic heterocycles.